The van der Waals surface area contributed by atoms with E-state index < -0.39 is 55.5 Å². The molecule has 1 amide bonds. The standard InChI is InChI=1S/C26H37NO6Si/c1-25(2,3)32-24(31)27-19-20(28)21(29)22(30)23(19)33-34(26(4,5)6,17-13-9-7-10-14-17)18-15-11-8-12-16-18/h7-16,19-23,28-30H,1-6H3,(H,27,31)/t19-,20-,21+,22+,23+/m0/s1. The fourth-order valence-corrected chi connectivity index (χ4v) is 9.37. The molecule has 3 rings (SSSR count). The van der Waals surface area contributed by atoms with Gasteiger partial charge in [-0.2, -0.15) is 0 Å². The molecular formula is C26H37NO6Si. The molecular weight excluding hydrogens is 450 g/mol. The Hall–Kier alpha value is -2.23. The molecule has 0 radical (unpaired) electrons. The van der Waals surface area contributed by atoms with Crippen molar-refractivity contribution in [2.75, 3.05) is 0 Å². The average molecular weight is 488 g/mol. The molecule has 2 aromatic rings. The fourth-order valence-electron chi connectivity index (χ4n) is 4.67. The minimum absolute atomic E-state index is 0.398. The van der Waals surface area contributed by atoms with Crippen molar-refractivity contribution >= 4 is 24.8 Å². The molecule has 8 heteroatoms. The minimum Gasteiger partial charge on any atom is -0.444 e. The van der Waals surface area contributed by atoms with Crippen LogP contribution in [0.2, 0.25) is 5.04 Å². The Bertz CT molecular complexity index is 917. The van der Waals surface area contributed by atoms with Gasteiger partial charge in [0, 0.05) is 0 Å². The molecule has 4 N–H and O–H groups in total. The lowest BCUT2D eigenvalue weighted by molar-refractivity contribution is -0.0383. The maximum atomic E-state index is 12.6. The lowest BCUT2D eigenvalue weighted by atomic mass is 10.2. The number of hydrogen-bond acceptors (Lipinski definition) is 6. The maximum Gasteiger partial charge on any atom is 0.408 e. The van der Waals surface area contributed by atoms with Crippen molar-refractivity contribution in [3.8, 4) is 0 Å². The molecule has 0 heterocycles. The van der Waals surface area contributed by atoms with Gasteiger partial charge in [0.25, 0.3) is 8.32 Å². The largest absolute Gasteiger partial charge is 0.444 e. The van der Waals surface area contributed by atoms with E-state index in [2.05, 4.69) is 26.1 Å². The van der Waals surface area contributed by atoms with E-state index in [1.54, 1.807) is 20.8 Å². The number of amides is 1. The number of hydrogen-bond donors (Lipinski definition) is 4. The first-order valence-electron chi connectivity index (χ1n) is 11.6. The van der Waals surface area contributed by atoms with E-state index in [0.717, 1.165) is 10.4 Å². The Labute approximate surface area is 202 Å². The van der Waals surface area contributed by atoms with Gasteiger partial charge in [-0.1, -0.05) is 81.4 Å². The fraction of sp³-hybridized carbons (Fsp3) is 0.500. The number of carbonyl (C=O) groups excluding carboxylic acids is 1. The molecule has 34 heavy (non-hydrogen) atoms. The molecule has 1 saturated carbocycles. The van der Waals surface area contributed by atoms with Crippen molar-refractivity contribution in [3.63, 3.8) is 0 Å². The second-order valence-electron chi connectivity index (χ2n) is 10.9. The molecule has 0 aliphatic heterocycles. The van der Waals surface area contributed by atoms with E-state index in [1.807, 2.05) is 60.7 Å². The predicted molar refractivity (Wildman–Crippen MR) is 134 cm³/mol. The van der Waals surface area contributed by atoms with Crippen LogP contribution in [-0.4, -0.2) is 65.8 Å². The van der Waals surface area contributed by atoms with Gasteiger partial charge in [0.15, 0.2) is 0 Å². The summed E-state index contributed by atoms with van der Waals surface area (Å²) in [5.41, 5.74) is -0.751. The molecule has 1 fully saturated rings. The van der Waals surface area contributed by atoms with Gasteiger partial charge in [0.05, 0.1) is 12.1 Å². The smallest absolute Gasteiger partial charge is 0.408 e. The molecule has 0 unspecified atom stereocenters. The third kappa shape index (κ3) is 5.21. The first kappa shape index (κ1) is 26.4. The van der Waals surface area contributed by atoms with Gasteiger partial charge >= 0.3 is 6.09 Å². The third-order valence-electron chi connectivity index (χ3n) is 6.17. The minimum atomic E-state index is -3.13. The van der Waals surface area contributed by atoms with Gasteiger partial charge in [-0.25, -0.2) is 4.79 Å². The SMILES string of the molecule is CC(C)(C)OC(=O)N[C@H]1[C@H](O)[C@@H](O)[C@@H](O)[C@@H]1O[Si](c1ccccc1)(c1ccccc1)C(C)(C)C. The van der Waals surface area contributed by atoms with Gasteiger partial charge in [-0.3, -0.25) is 0 Å². The summed E-state index contributed by atoms with van der Waals surface area (Å²) in [4.78, 5) is 12.6. The molecule has 2 aromatic carbocycles. The number of nitrogens with one attached hydrogen (secondary N) is 1. The predicted octanol–water partition coefficient (Wildman–Crippen LogP) is 1.92. The molecule has 0 bridgehead atoms. The van der Waals surface area contributed by atoms with Crippen molar-refractivity contribution in [3.05, 3.63) is 60.7 Å². The molecule has 5 atom stereocenters. The summed E-state index contributed by atoms with van der Waals surface area (Å²) in [6, 6.07) is 18.6. The first-order valence-corrected chi connectivity index (χ1v) is 13.5. The van der Waals surface area contributed by atoms with Crippen LogP contribution in [0.4, 0.5) is 4.79 Å². The van der Waals surface area contributed by atoms with E-state index in [-0.39, 0.29) is 0 Å². The van der Waals surface area contributed by atoms with Crippen LogP contribution in [-0.2, 0) is 9.16 Å². The normalized spacial score (nSPS) is 25.7. The van der Waals surface area contributed by atoms with Crippen LogP contribution >= 0.6 is 0 Å². The highest BCUT2D eigenvalue weighted by atomic mass is 28.4. The monoisotopic (exact) mass is 487 g/mol. The number of aliphatic hydroxyl groups is 3. The van der Waals surface area contributed by atoms with Gasteiger partial charge < -0.3 is 29.8 Å². The molecule has 0 spiro atoms. The highest BCUT2D eigenvalue weighted by molar-refractivity contribution is 6.99. The van der Waals surface area contributed by atoms with E-state index in [9.17, 15) is 20.1 Å². The quantitative estimate of drug-likeness (QED) is 0.480. The van der Waals surface area contributed by atoms with Crippen LogP contribution in [0.1, 0.15) is 41.5 Å². The lowest BCUT2D eigenvalue weighted by Gasteiger charge is -2.46. The van der Waals surface area contributed by atoms with Gasteiger partial charge in [0.2, 0.25) is 0 Å². The number of rotatable bonds is 5. The Balaban J connectivity index is 2.11. The summed E-state index contributed by atoms with van der Waals surface area (Å²) in [5, 5.41) is 36.4. The second-order valence-corrected chi connectivity index (χ2v) is 15.1. The summed E-state index contributed by atoms with van der Waals surface area (Å²) in [6.45, 7) is 11.5. The van der Waals surface area contributed by atoms with E-state index in [4.69, 9.17) is 9.16 Å². The Morgan fingerprint density at radius 1 is 0.794 bits per heavy atom. The zero-order chi connectivity index (χ0) is 25.3. The number of ether oxygens (including phenoxy) is 1. The summed E-state index contributed by atoms with van der Waals surface area (Å²) in [5.74, 6) is 0. The van der Waals surface area contributed by atoms with Crippen LogP contribution in [0, 0.1) is 0 Å². The Kier molecular flexibility index (Phi) is 7.59. The summed E-state index contributed by atoms with van der Waals surface area (Å²) in [6.07, 6.45) is -6.14. The maximum absolute atomic E-state index is 12.6. The van der Waals surface area contributed by atoms with Crippen molar-refractivity contribution in [1.29, 1.82) is 0 Å². The molecule has 0 saturated heterocycles. The zero-order valence-corrected chi connectivity index (χ0v) is 21.7. The summed E-state index contributed by atoms with van der Waals surface area (Å²) in [7, 11) is -3.13. The van der Waals surface area contributed by atoms with Crippen molar-refractivity contribution in [1.82, 2.24) is 5.32 Å². The number of alkyl carbamates (subject to hydrolysis) is 1. The summed E-state index contributed by atoms with van der Waals surface area (Å²) < 4.78 is 12.3. The van der Waals surface area contributed by atoms with Crippen LogP contribution in [0.15, 0.2) is 60.7 Å². The topological polar surface area (TPSA) is 108 Å². The van der Waals surface area contributed by atoms with Gasteiger partial charge in [-0.05, 0) is 36.2 Å². The second kappa shape index (κ2) is 9.79. The highest BCUT2D eigenvalue weighted by Gasteiger charge is 2.58. The van der Waals surface area contributed by atoms with Crippen molar-refractivity contribution in [2.24, 2.45) is 0 Å². The van der Waals surface area contributed by atoms with Crippen LogP contribution in [0.3, 0.4) is 0 Å². The highest BCUT2D eigenvalue weighted by Crippen LogP contribution is 2.40. The van der Waals surface area contributed by atoms with Crippen molar-refractivity contribution < 1.29 is 29.3 Å². The molecule has 1 aliphatic carbocycles. The van der Waals surface area contributed by atoms with E-state index in [0.29, 0.717) is 0 Å². The molecule has 0 aromatic heterocycles. The lowest BCUT2D eigenvalue weighted by Crippen LogP contribution is -2.69. The van der Waals surface area contributed by atoms with Gasteiger partial charge in [0.1, 0.15) is 23.9 Å². The Morgan fingerprint density at radius 2 is 1.26 bits per heavy atom. The number of aliphatic hydroxyl groups excluding tert-OH is 3. The number of carbonyl (C=O) groups is 1. The third-order valence-corrected chi connectivity index (χ3v) is 11.2. The van der Waals surface area contributed by atoms with E-state index >= 15 is 0 Å². The average Bonchev–Trinajstić information content (AvgIpc) is 2.94. The molecule has 1 aliphatic rings. The van der Waals surface area contributed by atoms with E-state index in [1.165, 1.54) is 0 Å². The van der Waals surface area contributed by atoms with Crippen LogP contribution in [0.25, 0.3) is 0 Å². The van der Waals surface area contributed by atoms with Crippen LogP contribution < -0.4 is 15.7 Å². The summed E-state index contributed by atoms with van der Waals surface area (Å²) >= 11 is 0. The van der Waals surface area contributed by atoms with Crippen LogP contribution in [0.5, 0.6) is 0 Å². The molecule has 186 valence electrons. The number of benzene rings is 2. The van der Waals surface area contributed by atoms with Crippen molar-refractivity contribution in [2.45, 2.75) is 82.6 Å². The zero-order valence-electron chi connectivity index (χ0n) is 20.7. The first-order chi connectivity index (χ1) is 15.8. The Morgan fingerprint density at radius 3 is 1.68 bits per heavy atom. The van der Waals surface area contributed by atoms with Gasteiger partial charge in [-0.15, -0.1) is 0 Å². The molecule has 7 nitrogen and oxygen atoms in total.